The van der Waals surface area contributed by atoms with Crippen LogP contribution in [0.25, 0.3) is 22.3 Å². The Morgan fingerprint density at radius 1 is 1.18 bits per heavy atom. The molecule has 8 nitrogen and oxygen atoms in total. The van der Waals surface area contributed by atoms with Gasteiger partial charge in [0.05, 0.1) is 18.3 Å². The molecule has 0 aliphatic carbocycles. The predicted octanol–water partition coefficient (Wildman–Crippen LogP) is 5.02. The Kier molecular flexibility index (Phi) is 8.06. The van der Waals surface area contributed by atoms with Crippen molar-refractivity contribution in [3.05, 3.63) is 57.2 Å². The van der Waals surface area contributed by atoms with Crippen LogP contribution >= 0.6 is 22.6 Å². The van der Waals surface area contributed by atoms with Crippen LogP contribution in [0.3, 0.4) is 0 Å². The maximum absolute atomic E-state index is 15.0. The van der Waals surface area contributed by atoms with E-state index >= 15 is 0 Å². The number of benzene rings is 1. The Balaban J connectivity index is 1.36. The van der Waals surface area contributed by atoms with Gasteiger partial charge in [-0.3, -0.25) is 9.80 Å². The molecule has 0 fully saturated rings. The summed E-state index contributed by atoms with van der Waals surface area (Å²) >= 11 is 2.08. The van der Waals surface area contributed by atoms with Crippen molar-refractivity contribution in [2.45, 2.75) is 32.9 Å². The second-order valence-electron chi connectivity index (χ2n) is 9.96. The topological polar surface area (TPSA) is 75.0 Å². The first kappa shape index (κ1) is 27.4. The van der Waals surface area contributed by atoms with Crippen LogP contribution in [0.5, 0.6) is 0 Å². The predicted molar refractivity (Wildman–Crippen MR) is 157 cm³/mol. The Morgan fingerprint density at radius 2 is 2.00 bits per heavy atom. The van der Waals surface area contributed by atoms with Crippen molar-refractivity contribution in [3.63, 3.8) is 0 Å². The molecule has 11 heteroatoms. The summed E-state index contributed by atoms with van der Waals surface area (Å²) in [5.74, 6) is 2.25. The van der Waals surface area contributed by atoms with E-state index in [1.54, 1.807) is 6.07 Å². The highest BCUT2D eigenvalue weighted by Gasteiger charge is 2.20. The summed E-state index contributed by atoms with van der Waals surface area (Å²) in [4.78, 5) is 22.1. The molecule has 0 amide bonds. The highest BCUT2D eigenvalue weighted by Crippen LogP contribution is 2.31. The molecule has 39 heavy (non-hydrogen) atoms. The SMILES string of the molecule is C#CCN(C)CCN1CCc2nc(Nc3ncc(F)c(-c4cc(F)c5nc(I)n(C(C)C)c5c4)n3)ccc2C1. The van der Waals surface area contributed by atoms with E-state index in [-0.39, 0.29) is 23.2 Å². The fraction of sp³-hybridized carbons (Fsp3) is 0.357. The number of nitrogens with zero attached hydrogens (tertiary/aromatic N) is 7. The van der Waals surface area contributed by atoms with Crippen LogP contribution in [-0.2, 0) is 13.0 Å². The summed E-state index contributed by atoms with van der Waals surface area (Å²) in [6, 6.07) is 6.95. The molecule has 4 heterocycles. The van der Waals surface area contributed by atoms with E-state index in [1.807, 2.05) is 37.6 Å². The van der Waals surface area contributed by atoms with Gasteiger partial charge in [-0.2, -0.15) is 0 Å². The van der Waals surface area contributed by atoms with E-state index in [1.165, 1.54) is 11.6 Å². The molecular weight excluding hydrogens is 613 g/mol. The summed E-state index contributed by atoms with van der Waals surface area (Å²) in [5, 5.41) is 3.09. The number of hydrogen-bond donors (Lipinski definition) is 1. The van der Waals surface area contributed by atoms with Crippen molar-refractivity contribution >= 4 is 45.4 Å². The molecule has 1 aliphatic rings. The number of imidazole rings is 1. The second-order valence-corrected chi connectivity index (χ2v) is 10.9. The monoisotopic (exact) mass is 642 g/mol. The van der Waals surface area contributed by atoms with Crippen LogP contribution in [0, 0.1) is 27.8 Å². The summed E-state index contributed by atoms with van der Waals surface area (Å²) in [7, 11) is 2.02. The van der Waals surface area contributed by atoms with Gasteiger partial charge >= 0.3 is 0 Å². The number of hydrogen-bond acceptors (Lipinski definition) is 7. The number of anilines is 2. The lowest BCUT2D eigenvalue weighted by Gasteiger charge is -2.29. The van der Waals surface area contributed by atoms with Gasteiger partial charge in [-0.25, -0.2) is 28.7 Å². The molecule has 1 aromatic carbocycles. The molecule has 0 atom stereocenters. The van der Waals surface area contributed by atoms with Crippen molar-refractivity contribution < 1.29 is 8.78 Å². The molecule has 3 aromatic heterocycles. The second kappa shape index (κ2) is 11.5. The smallest absolute Gasteiger partial charge is 0.229 e. The molecule has 0 bridgehead atoms. The first-order valence-electron chi connectivity index (χ1n) is 12.7. The molecule has 0 unspecified atom stereocenters. The molecular formula is C28H29F2IN8. The Morgan fingerprint density at radius 3 is 2.77 bits per heavy atom. The van der Waals surface area contributed by atoms with E-state index in [4.69, 9.17) is 11.4 Å². The maximum atomic E-state index is 15.0. The highest BCUT2D eigenvalue weighted by molar-refractivity contribution is 14.1. The third-order valence-electron chi connectivity index (χ3n) is 6.77. The first-order valence-corrected chi connectivity index (χ1v) is 13.8. The van der Waals surface area contributed by atoms with Gasteiger partial charge in [0.25, 0.3) is 0 Å². The lowest BCUT2D eigenvalue weighted by molar-refractivity contribution is 0.218. The lowest BCUT2D eigenvalue weighted by atomic mass is 10.1. The Labute approximate surface area is 240 Å². The number of aromatic nitrogens is 5. The number of fused-ring (bicyclic) bond motifs is 2. The minimum absolute atomic E-state index is 0.00298. The summed E-state index contributed by atoms with van der Waals surface area (Å²) in [5.41, 5.74) is 3.34. The van der Waals surface area contributed by atoms with Crippen LogP contribution < -0.4 is 5.32 Å². The van der Waals surface area contributed by atoms with Gasteiger partial charge in [0.15, 0.2) is 15.5 Å². The van der Waals surface area contributed by atoms with Crippen LogP contribution in [0.15, 0.2) is 30.5 Å². The van der Waals surface area contributed by atoms with Crippen molar-refractivity contribution in [1.29, 1.82) is 0 Å². The molecule has 0 spiro atoms. The van der Waals surface area contributed by atoms with E-state index < -0.39 is 11.6 Å². The van der Waals surface area contributed by atoms with Gasteiger partial charge in [0.1, 0.15) is 17.0 Å². The first-order chi connectivity index (χ1) is 18.7. The fourth-order valence-electron chi connectivity index (χ4n) is 4.78. The minimum atomic E-state index is -0.643. The number of rotatable bonds is 8. The number of likely N-dealkylation sites (N-methyl/N-ethyl adjacent to an activating group) is 1. The van der Waals surface area contributed by atoms with Gasteiger partial charge < -0.3 is 9.88 Å². The van der Waals surface area contributed by atoms with E-state index in [2.05, 4.69) is 58.6 Å². The van der Waals surface area contributed by atoms with Crippen molar-refractivity contribution in [2.75, 3.05) is 38.5 Å². The highest BCUT2D eigenvalue weighted by atomic mass is 127. The third kappa shape index (κ3) is 5.88. The van der Waals surface area contributed by atoms with Crippen LogP contribution in [0.1, 0.15) is 31.1 Å². The molecule has 1 N–H and O–H groups in total. The third-order valence-corrected chi connectivity index (χ3v) is 7.53. The normalized spacial score (nSPS) is 13.7. The van der Waals surface area contributed by atoms with Crippen molar-refractivity contribution in [3.8, 4) is 23.6 Å². The van der Waals surface area contributed by atoms with Gasteiger partial charge in [0, 0.05) is 49.9 Å². The standard InChI is InChI=1S/C28H29F2IN8/c1-5-9-37(4)11-12-38-10-8-22-18(16-38)6-7-24(33-22)34-28-32-15-21(30)25(36-28)19-13-20(29)26-23(14-19)39(17(2)3)27(31)35-26/h1,6-7,13-15,17H,8-12,16H2,2-4H3,(H,32,33,34,36). The van der Waals surface area contributed by atoms with Crippen LogP contribution in [0.2, 0.25) is 0 Å². The zero-order valence-corrected chi connectivity index (χ0v) is 24.2. The summed E-state index contributed by atoms with van der Waals surface area (Å²) in [6.07, 6.45) is 7.30. The molecule has 202 valence electrons. The molecule has 0 saturated carbocycles. The van der Waals surface area contributed by atoms with Crippen molar-refractivity contribution in [1.82, 2.24) is 34.3 Å². The number of nitrogens with one attached hydrogen (secondary N) is 1. The zero-order valence-electron chi connectivity index (χ0n) is 22.0. The Hall–Kier alpha value is -3.21. The Bertz CT molecular complexity index is 1560. The average molecular weight is 642 g/mol. The molecule has 0 saturated heterocycles. The zero-order chi connectivity index (χ0) is 27.7. The summed E-state index contributed by atoms with van der Waals surface area (Å²) < 4.78 is 32.4. The molecule has 1 aliphatic heterocycles. The van der Waals surface area contributed by atoms with E-state index in [9.17, 15) is 8.78 Å². The quantitative estimate of drug-likeness (QED) is 0.214. The number of terminal acetylenes is 1. The van der Waals surface area contributed by atoms with Crippen LogP contribution in [-0.4, -0.2) is 67.5 Å². The van der Waals surface area contributed by atoms with Gasteiger partial charge in [-0.1, -0.05) is 12.0 Å². The lowest BCUT2D eigenvalue weighted by Crippen LogP contribution is -2.37. The largest absolute Gasteiger partial charge is 0.317 e. The summed E-state index contributed by atoms with van der Waals surface area (Å²) in [6.45, 7) is 8.20. The van der Waals surface area contributed by atoms with Crippen molar-refractivity contribution in [2.24, 2.45) is 0 Å². The van der Waals surface area contributed by atoms with E-state index in [0.29, 0.717) is 27.3 Å². The molecule has 4 aromatic rings. The maximum Gasteiger partial charge on any atom is 0.229 e. The van der Waals surface area contributed by atoms with Crippen LogP contribution in [0.4, 0.5) is 20.5 Å². The number of halogens is 3. The minimum Gasteiger partial charge on any atom is -0.317 e. The van der Waals surface area contributed by atoms with Gasteiger partial charge in [-0.15, -0.1) is 6.42 Å². The molecule has 0 radical (unpaired) electrons. The van der Waals surface area contributed by atoms with Gasteiger partial charge in [0.2, 0.25) is 5.95 Å². The molecule has 5 rings (SSSR count). The average Bonchev–Trinajstić information content (AvgIpc) is 3.25. The van der Waals surface area contributed by atoms with Gasteiger partial charge in [-0.05, 0) is 67.2 Å². The number of pyridine rings is 1. The fourth-order valence-corrected chi connectivity index (χ4v) is 5.84. The van der Waals surface area contributed by atoms with E-state index in [0.717, 1.165) is 44.5 Å².